The Bertz CT molecular complexity index is 165. The van der Waals surface area contributed by atoms with Crippen molar-refractivity contribution in [1.82, 2.24) is 0 Å². The van der Waals surface area contributed by atoms with Crippen molar-refractivity contribution in [2.24, 2.45) is 5.73 Å². The minimum absolute atomic E-state index is 0. The first-order valence-electron chi connectivity index (χ1n) is 8.42. The van der Waals surface area contributed by atoms with Gasteiger partial charge >= 0.3 is 0 Å². The molecule has 0 amide bonds. The fourth-order valence-electron chi connectivity index (χ4n) is 1.63. The summed E-state index contributed by atoms with van der Waals surface area (Å²) in [4.78, 5) is 0. The second kappa shape index (κ2) is 39.7. The van der Waals surface area contributed by atoms with Gasteiger partial charge in [0.25, 0.3) is 0 Å². The van der Waals surface area contributed by atoms with Crippen LogP contribution in [0.3, 0.4) is 0 Å². The van der Waals surface area contributed by atoms with Gasteiger partial charge in [-0.15, -0.1) is 0 Å². The van der Waals surface area contributed by atoms with E-state index >= 15 is 0 Å². The molecule has 0 bridgehead atoms. The van der Waals surface area contributed by atoms with Crippen LogP contribution in [0.1, 0.15) is 82.6 Å². The lowest BCUT2D eigenvalue weighted by atomic mass is 10.4. The van der Waals surface area contributed by atoms with E-state index in [1.807, 2.05) is 0 Å². The molecule has 0 aliphatic carbocycles. The molecular formula is C21H55NO4. The second-order valence-electron chi connectivity index (χ2n) is 5.01. The molecular weight excluding hydrogens is 330 g/mol. The summed E-state index contributed by atoms with van der Waals surface area (Å²) in [5.41, 5.74) is 5.37. The molecule has 0 atom stereocenters. The Hall–Kier alpha value is -0.200. The van der Waals surface area contributed by atoms with Crippen molar-refractivity contribution in [2.45, 2.75) is 82.6 Å². The average molecular weight is 386 g/mol. The minimum atomic E-state index is 0. The monoisotopic (exact) mass is 385 g/mol. The van der Waals surface area contributed by atoms with E-state index in [9.17, 15) is 0 Å². The average Bonchev–Trinajstić information content (AvgIpc) is 2.50. The molecule has 5 heteroatoms. The van der Waals surface area contributed by atoms with Gasteiger partial charge < -0.3 is 24.7 Å². The molecule has 168 valence electrons. The Kier molecular flexibility index (Phi) is 61.9. The van der Waals surface area contributed by atoms with Gasteiger partial charge in [0, 0.05) is 52.9 Å². The Morgan fingerprint density at radius 2 is 0.731 bits per heavy atom. The molecule has 0 saturated carbocycles. The normalized spacial score (nSPS) is 9.00. The number of rotatable bonds is 18. The molecule has 0 aromatic carbocycles. The van der Waals surface area contributed by atoms with E-state index in [0.717, 1.165) is 85.0 Å². The third kappa shape index (κ3) is 39.0. The predicted molar refractivity (Wildman–Crippen MR) is 119 cm³/mol. The highest BCUT2D eigenvalue weighted by atomic mass is 16.5. The van der Waals surface area contributed by atoms with E-state index in [4.69, 9.17) is 24.7 Å². The van der Waals surface area contributed by atoms with Gasteiger partial charge in [0.05, 0.1) is 0 Å². The van der Waals surface area contributed by atoms with Crippen LogP contribution < -0.4 is 5.73 Å². The molecule has 0 unspecified atom stereocenters. The van der Waals surface area contributed by atoms with E-state index < -0.39 is 0 Å². The lowest BCUT2D eigenvalue weighted by Gasteiger charge is -2.07. The second-order valence-corrected chi connectivity index (χ2v) is 5.01. The van der Waals surface area contributed by atoms with E-state index in [-0.39, 0.29) is 37.1 Å². The van der Waals surface area contributed by atoms with Gasteiger partial charge in [-0.25, -0.2) is 0 Å². The van der Waals surface area contributed by atoms with Crippen molar-refractivity contribution in [1.29, 1.82) is 0 Å². The number of hydrogen-bond acceptors (Lipinski definition) is 5. The van der Waals surface area contributed by atoms with Crippen molar-refractivity contribution >= 4 is 0 Å². The fraction of sp³-hybridized carbons (Fsp3) is 1.00. The highest BCUT2D eigenvalue weighted by molar-refractivity contribution is 4.41. The highest BCUT2D eigenvalue weighted by Crippen LogP contribution is 1.93. The van der Waals surface area contributed by atoms with Crippen molar-refractivity contribution in [2.75, 3.05) is 59.4 Å². The third-order valence-corrected chi connectivity index (χ3v) is 2.87. The van der Waals surface area contributed by atoms with Crippen LogP contribution in [0.2, 0.25) is 0 Å². The molecule has 5 nitrogen and oxygen atoms in total. The van der Waals surface area contributed by atoms with Gasteiger partial charge in [-0.2, -0.15) is 0 Å². The van der Waals surface area contributed by atoms with Crippen molar-refractivity contribution in [3.05, 3.63) is 0 Å². The summed E-state index contributed by atoms with van der Waals surface area (Å²) < 4.78 is 21.9. The minimum Gasteiger partial charge on any atom is -0.381 e. The van der Waals surface area contributed by atoms with E-state index in [2.05, 4.69) is 6.92 Å². The number of ether oxygens (including phenoxy) is 4. The third-order valence-electron chi connectivity index (χ3n) is 2.87. The zero-order valence-electron chi connectivity index (χ0n) is 13.8. The molecule has 2 N–H and O–H groups in total. The highest BCUT2D eigenvalue weighted by Gasteiger charge is 1.93. The van der Waals surface area contributed by atoms with Gasteiger partial charge in [-0.1, -0.05) is 50.5 Å². The Labute approximate surface area is 167 Å². The molecule has 26 heavy (non-hydrogen) atoms. The van der Waals surface area contributed by atoms with Gasteiger partial charge in [-0.3, -0.25) is 0 Å². The number of nitrogens with two attached hydrogens (primary N) is 1. The summed E-state index contributed by atoms with van der Waals surface area (Å²) in [6.07, 6.45) is 6.14. The molecule has 0 aromatic heterocycles. The Balaban J connectivity index is -0.000000200. The van der Waals surface area contributed by atoms with Gasteiger partial charge in [0.1, 0.15) is 0 Å². The van der Waals surface area contributed by atoms with Gasteiger partial charge in [-0.05, 0) is 38.6 Å². The maximum absolute atomic E-state index is 5.52. The van der Waals surface area contributed by atoms with Crippen LogP contribution in [0.5, 0.6) is 0 Å². The van der Waals surface area contributed by atoms with Crippen LogP contribution in [0.4, 0.5) is 0 Å². The smallest absolute Gasteiger partial charge is 0.0488 e. The molecule has 0 spiro atoms. The molecule has 0 rings (SSSR count). The quantitative estimate of drug-likeness (QED) is 0.313. The molecule has 0 aromatic rings. The standard InChI is InChI=1S/C16H35NO4.5CH4/c1-2-3-9-18-11-5-13-20-15-7-16-21-14-6-12-19-10-4-8-17;;;;;/h2-17H2,1H3;5*1H4. The SMILES string of the molecule is C.C.C.C.C.CCCCOCCCOCCCOCCCOCCCN. The van der Waals surface area contributed by atoms with E-state index in [0.29, 0.717) is 6.54 Å². The van der Waals surface area contributed by atoms with Crippen molar-refractivity contribution in [3.63, 3.8) is 0 Å². The first kappa shape index (κ1) is 40.5. The summed E-state index contributed by atoms with van der Waals surface area (Å²) in [6, 6.07) is 0. The molecule has 0 aliphatic rings. The van der Waals surface area contributed by atoms with Crippen LogP contribution in [0, 0.1) is 0 Å². The summed E-state index contributed by atoms with van der Waals surface area (Å²) in [7, 11) is 0. The Morgan fingerprint density at radius 1 is 0.462 bits per heavy atom. The number of hydrogen-bond donors (Lipinski definition) is 1. The number of unbranched alkanes of at least 4 members (excludes halogenated alkanes) is 1. The van der Waals surface area contributed by atoms with Crippen molar-refractivity contribution < 1.29 is 18.9 Å². The zero-order chi connectivity index (χ0) is 15.4. The molecule has 0 fully saturated rings. The molecule has 0 aliphatic heterocycles. The lowest BCUT2D eigenvalue weighted by molar-refractivity contribution is 0.0537. The summed E-state index contributed by atoms with van der Waals surface area (Å²) in [5.74, 6) is 0. The summed E-state index contributed by atoms with van der Waals surface area (Å²) in [5, 5.41) is 0. The van der Waals surface area contributed by atoms with E-state index in [1.54, 1.807) is 0 Å². The zero-order valence-corrected chi connectivity index (χ0v) is 13.8. The van der Waals surface area contributed by atoms with E-state index in [1.165, 1.54) is 6.42 Å². The maximum Gasteiger partial charge on any atom is 0.0488 e. The Morgan fingerprint density at radius 3 is 1.00 bits per heavy atom. The van der Waals surface area contributed by atoms with Crippen LogP contribution in [-0.2, 0) is 18.9 Å². The lowest BCUT2D eigenvalue weighted by Crippen LogP contribution is -2.08. The largest absolute Gasteiger partial charge is 0.381 e. The molecule has 0 radical (unpaired) electrons. The van der Waals surface area contributed by atoms with Crippen LogP contribution in [0.25, 0.3) is 0 Å². The first-order valence-corrected chi connectivity index (χ1v) is 8.42. The van der Waals surface area contributed by atoms with Crippen LogP contribution in [0.15, 0.2) is 0 Å². The van der Waals surface area contributed by atoms with Crippen molar-refractivity contribution in [3.8, 4) is 0 Å². The van der Waals surface area contributed by atoms with Crippen LogP contribution in [-0.4, -0.2) is 59.4 Å². The van der Waals surface area contributed by atoms with Crippen LogP contribution >= 0.6 is 0 Å². The first-order chi connectivity index (χ1) is 10.4. The molecule has 0 saturated heterocycles. The van der Waals surface area contributed by atoms with Gasteiger partial charge in [0.15, 0.2) is 0 Å². The predicted octanol–water partition coefficient (Wildman–Crippen LogP) is 5.55. The topological polar surface area (TPSA) is 62.9 Å². The summed E-state index contributed by atoms with van der Waals surface area (Å²) in [6.45, 7) is 9.12. The summed E-state index contributed by atoms with van der Waals surface area (Å²) >= 11 is 0. The maximum atomic E-state index is 5.52. The molecule has 0 heterocycles. The van der Waals surface area contributed by atoms with Gasteiger partial charge in [0.2, 0.25) is 0 Å². The fourth-order valence-corrected chi connectivity index (χ4v) is 1.63.